The molecule has 2 aromatic carbocycles. The van der Waals surface area contributed by atoms with Crippen molar-refractivity contribution in [1.29, 1.82) is 5.26 Å². The summed E-state index contributed by atoms with van der Waals surface area (Å²) < 4.78 is 11.5. The van der Waals surface area contributed by atoms with Gasteiger partial charge in [0.2, 0.25) is 6.04 Å². The van der Waals surface area contributed by atoms with Crippen LogP contribution in [0.5, 0.6) is 5.75 Å². The Morgan fingerprint density at radius 2 is 1.80 bits per heavy atom. The molecule has 1 unspecified atom stereocenters. The third kappa shape index (κ3) is 7.56. The highest BCUT2D eigenvalue weighted by Gasteiger charge is 2.34. The molecule has 3 aromatic rings. The van der Waals surface area contributed by atoms with Gasteiger partial charge in [-0.25, -0.2) is 9.48 Å². The minimum atomic E-state index is -1.51. The van der Waals surface area contributed by atoms with Crippen LogP contribution in [-0.2, 0) is 27.9 Å². The maximum Gasteiger partial charge on any atom is 0.413 e. The number of nitrogens with one attached hydrogen (secondary N) is 1. The Balaban J connectivity index is 1.62. The fourth-order valence-electron chi connectivity index (χ4n) is 5.64. The molecule has 0 spiro atoms. The first-order valence-corrected chi connectivity index (χ1v) is 14.7. The van der Waals surface area contributed by atoms with Gasteiger partial charge in [-0.15, -0.1) is 0 Å². The number of hydrogen-bond donors (Lipinski definition) is 1. The van der Waals surface area contributed by atoms with E-state index in [-0.39, 0.29) is 17.6 Å². The van der Waals surface area contributed by atoms with Crippen LogP contribution in [0.25, 0.3) is 0 Å². The smallest absolute Gasteiger partial charge is 0.413 e. The Hall–Kier alpha value is -4.85. The fraction of sp³-hybridized carbons (Fsp3) is 0.424. The number of amides is 2. The standard InChI is InChI=1S/C33H38N6O5/c1-6-44-32(42)35-30(40)29(19-34)37-36-24-15-21(2)27(22(3)16-24)17-25-18-28(33(4)13-7-8-14-33)31(41)39(38-25)20-23-9-11-26(43-5)12-10-23/h9-12,15-16,18,29H,6-8,13-14,17,20H2,1-5H3,(H,35,40,42)/b37-36+. The third-order valence-electron chi connectivity index (χ3n) is 8.07. The van der Waals surface area contributed by atoms with Gasteiger partial charge in [-0.2, -0.15) is 20.6 Å². The van der Waals surface area contributed by atoms with Crippen LogP contribution >= 0.6 is 0 Å². The average Bonchev–Trinajstić information content (AvgIpc) is 3.44. The highest BCUT2D eigenvalue weighted by molar-refractivity contribution is 5.96. The summed E-state index contributed by atoms with van der Waals surface area (Å²) >= 11 is 0. The molecule has 44 heavy (non-hydrogen) atoms. The summed E-state index contributed by atoms with van der Waals surface area (Å²) in [6, 6.07) is 13.5. The molecule has 0 aliphatic heterocycles. The highest BCUT2D eigenvalue weighted by atomic mass is 16.5. The lowest BCUT2D eigenvalue weighted by atomic mass is 9.81. The van der Waals surface area contributed by atoms with Crippen molar-refractivity contribution in [3.8, 4) is 11.8 Å². The van der Waals surface area contributed by atoms with Gasteiger partial charge < -0.3 is 9.47 Å². The maximum absolute atomic E-state index is 13.7. The number of imide groups is 1. The zero-order chi connectivity index (χ0) is 31.9. The second-order valence-electron chi connectivity index (χ2n) is 11.3. The molecule has 0 bridgehead atoms. The lowest BCUT2D eigenvalue weighted by Crippen LogP contribution is -2.37. The van der Waals surface area contributed by atoms with Crippen molar-refractivity contribution in [3.63, 3.8) is 0 Å². The molecule has 1 aliphatic carbocycles. The quantitative estimate of drug-likeness (QED) is 0.299. The molecule has 1 N–H and O–H groups in total. The van der Waals surface area contributed by atoms with E-state index in [1.54, 1.807) is 24.8 Å². The van der Waals surface area contributed by atoms with Crippen molar-refractivity contribution in [2.24, 2.45) is 10.2 Å². The molecule has 1 saturated carbocycles. The van der Waals surface area contributed by atoms with Crippen LogP contribution in [0.15, 0.2) is 57.5 Å². The van der Waals surface area contributed by atoms with Gasteiger partial charge in [0.05, 0.1) is 31.6 Å². The van der Waals surface area contributed by atoms with Crippen LogP contribution in [0.1, 0.15) is 73.0 Å². The first-order chi connectivity index (χ1) is 21.1. The van der Waals surface area contributed by atoms with E-state index in [2.05, 4.69) is 21.9 Å². The van der Waals surface area contributed by atoms with Gasteiger partial charge in [0, 0.05) is 12.0 Å². The Labute approximate surface area is 256 Å². The summed E-state index contributed by atoms with van der Waals surface area (Å²) in [6.07, 6.45) is 3.68. The zero-order valence-electron chi connectivity index (χ0n) is 25.8. The first kappa shape index (κ1) is 32.1. The van der Waals surface area contributed by atoms with Gasteiger partial charge in [-0.1, -0.05) is 31.9 Å². The molecule has 2 amide bonds. The van der Waals surface area contributed by atoms with Crippen LogP contribution in [0.3, 0.4) is 0 Å². The number of rotatable bonds is 10. The van der Waals surface area contributed by atoms with Crippen molar-refractivity contribution < 1.29 is 19.1 Å². The summed E-state index contributed by atoms with van der Waals surface area (Å²) in [5, 5.41) is 24.1. The molecule has 4 rings (SSSR count). The molecule has 1 aliphatic rings. The topological polar surface area (TPSA) is 148 Å². The minimum Gasteiger partial charge on any atom is -0.497 e. The van der Waals surface area contributed by atoms with Gasteiger partial charge in [0.25, 0.3) is 11.5 Å². The summed E-state index contributed by atoms with van der Waals surface area (Å²) in [5.74, 6) is -0.165. The van der Waals surface area contributed by atoms with Gasteiger partial charge >= 0.3 is 6.09 Å². The largest absolute Gasteiger partial charge is 0.497 e. The van der Waals surface area contributed by atoms with E-state index in [9.17, 15) is 19.6 Å². The van der Waals surface area contributed by atoms with E-state index in [0.717, 1.165) is 64.9 Å². The van der Waals surface area contributed by atoms with Gasteiger partial charge in [-0.05, 0) is 91.6 Å². The molecule has 1 heterocycles. The summed E-state index contributed by atoms with van der Waals surface area (Å²) in [5.41, 5.74) is 5.64. The number of aromatic nitrogens is 2. The lowest BCUT2D eigenvalue weighted by molar-refractivity contribution is -0.120. The number of methoxy groups -OCH3 is 1. The van der Waals surface area contributed by atoms with Gasteiger partial charge in [0.1, 0.15) is 11.8 Å². The summed E-state index contributed by atoms with van der Waals surface area (Å²) in [4.78, 5) is 37.5. The first-order valence-electron chi connectivity index (χ1n) is 14.7. The van der Waals surface area contributed by atoms with Crippen LogP contribution in [0.4, 0.5) is 10.5 Å². The minimum absolute atomic E-state index is 0.0581. The number of azo groups is 1. The fourth-order valence-corrected chi connectivity index (χ4v) is 5.64. The number of carbonyl (C=O) groups excluding carboxylic acids is 2. The number of nitrogens with zero attached hydrogens (tertiary/aromatic N) is 5. The number of nitriles is 1. The van der Waals surface area contributed by atoms with Crippen LogP contribution < -0.4 is 15.6 Å². The van der Waals surface area contributed by atoms with Crippen molar-refractivity contribution in [2.45, 2.75) is 77.8 Å². The van der Waals surface area contributed by atoms with E-state index >= 15 is 0 Å². The Bertz CT molecular complexity index is 1630. The van der Waals surface area contributed by atoms with Crippen molar-refractivity contribution in [3.05, 3.63) is 86.3 Å². The molecule has 0 radical (unpaired) electrons. The van der Waals surface area contributed by atoms with E-state index in [1.165, 1.54) is 0 Å². The Morgan fingerprint density at radius 1 is 1.14 bits per heavy atom. The summed E-state index contributed by atoms with van der Waals surface area (Å²) in [7, 11) is 1.62. The normalized spacial score (nSPS) is 14.6. The van der Waals surface area contributed by atoms with Crippen LogP contribution in [-0.4, -0.2) is 41.5 Å². The monoisotopic (exact) mass is 598 g/mol. The molecule has 11 heteroatoms. The van der Waals surface area contributed by atoms with Crippen molar-refractivity contribution in [1.82, 2.24) is 15.1 Å². The van der Waals surface area contributed by atoms with Gasteiger partial charge in [-0.3, -0.25) is 14.9 Å². The van der Waals surface area contributed by atoms with E-state index < -0.39 is 18.0 Å². The predicted molar refractivity (Wildman–Crippen MR) is 164 cm³/mol. The SMILES string of the molecule is CCOC(=O)NC(=O)C(C#N)/N=N/c1cc(C)c(Cc2cc(C3(C)CCCC3)c(=O)n(Cc3ccc(OC)cc3)n2)c(C)c1. The zero-order valence-corrected chi connectivity index (χ0v) is 25.8. The predicted octanol–water partition coefficient (Wildman–Crippen LogP) is 5.59. The van der Waals surface area contributed by atoms with Crippen LogP contribution in [0.2, 0.25) is 0 Å². The molecule has 0 saturated heterocycles. The molecule has 230 valence electrons. The number of carbonyl (C=O) groups is 2. The van der Waals surface area contributed by atoms with E-state index in [0.29, 0.717) is 18.7 Å². The highest BCUT2D eigenvalue weighted by Crippen LogP contribution is 2.39. The van der Waals surface area contributed by atoms with E-state index in [1.807, 2.05) is 61.6 Å². The number of aryl methyl sites for hydroxylation is 2. The molecule has 11 nitrogen and oxygen atoms in total. The van der Waals surface area contributed by atoms with Crippen molar-refractivity contribution in [2.75, 3.05) is 13.7 Å². The number of hydrogen-bond acceptors (Lipinski definition) is 9. The van der Waals surface area contributed by atoms with Gasteiger partial charge in [0.15, 0.2) is 0 Å². The Morgan fingerprint density at radius 3 is 2.39 bits per heavy atom. The summed E-state index contributed by atoms with van der Waals surface area (Å²) in [6.45, 7) is 8.11. The Kier molecular flexibility index (Phi) is 10.3. The second kappa shape index (κ2) is 14.1. The molecular weight excluding hydrogens is 560 g/mol. The number of benzene rings is 2. The molecular formula is C33H38N6O5. The average molecular weight is 599 g/mol. The third-order valence-corrected chi connectivity index (χ3v) is 8.07. The second-order valence-corrected chi connectivity index (χ2v) is 11.3. The molecule has 1 aromatic heterocycles. The van der Waals surface area contributed by atoms with E-state index in [4.69, 9.17) is 9.84 Å². The van der Waals surface area contributed by atoms with Crippen LogP contribution in [0, 0.1) is 25.2 Å². The maximum atomic E-state index is 13.7. The van der Waals surface area contributed by atoms with Crippen molar-refractivity contribution >= 4 is 17.7 Å². The lowest BCUT2D eigenvalue weighted by Gasteiger charge is -2.25. The number of ether oxygens (including phenoxy) is 2. The molecule has 1 atom stereocenters. The molecule has 1 fully saturated rings. The number of alkyl carbamates (subject to hydrolysis) is 1.